The molecule has 0 aromatic rings. The molecule has 1 N–H and O–H groups in total. The fourth-order valence-corrected chi connectivity index (χ4v) is 2.04. The molecule has 4 nitrogen and oxygen atoms in total. The molecule has 1 rings (SSSR count). The van der Waals surface area contributed by atoms with Gasteiger partial charge in [-0.05, 0) is 45.6 Å². The summed E-state index contributed by atoms with van der Waals surface area (Å²) in [6, 6.07) is 0.822. The van der Waals surface area contributed by atoms with Crippen molar-refractivity contribution in [3.05, 3.63) is 0 Å². The van der Waals surface area contributed by atoms with Crippen molar-refractivity contribution in [2.24, 2.45) is 5.92 Å². The minimum atomic E-state index is -0.803. The SMILES string of the molecule is CC.CCC1CCC(NC)CC1.CCOC(=O)C=O. The predicted molar refractivity (Wildman–Crippen MR) is 79.1 cm³/mol. The van der Waals surface area contributed by atoms with Crippen LogP contribution in [0.1, 0.15) is 59.8 Å². The summed E-state index contributed by atoms with van der Waals surface area (Å²) in [5, 5.41) is 3.35. The molecule has 0 aliphatic heterocycles. The Morgan fingerprint density at radius 3 is 2.00 bits per heavy atom. The second kappa shape index (κ2) is 15.2. The van der Waals surface area contributed by atoms with Crippen LogP contribution in [0, 0.1) is 5.92 Å². The van der Waals surface area contributed by atoms with Gasteiger partial charge in [0.15, 0.2) is 0 Å². The second-order valence-electron chi connectivity index (χ2n) is 4.28. The lowest BCUT2D eigenvalue weighted by atomic mass is 9.85. The topological polar surface area (TPSA) is 55.4 Å². The van der Waals surface area contributed by atoms with Crippen molar-refractivity contribution >= 4 is 12.3 Å². The summed E-state index contributed by atoms with van der Waals surface area (Å²) in [7, 11) is 2.08. The maximum atomic E-state index is 9.82. The van der Waals surface area contributed by atoms with E-state index in [0.717, 1.165) is 12.0 Å². The summed E-state index contributed by atoms with van der Waals surface area (Å²) in [6.07, 6.45) is 7.22. The van der Waals surface area contributed by atoms with Crippen LogP contribution in [-0.2, 0) is 14.3 Å². The van der Waals surface area contributed by atoms with Crippen LogP contribution in [0.5, 0.6) is 0 Å². The Bertz CT molecular complexity index is 199. The first kappa shape index (κ1) is 20.4. The van der Waals surface area contributed by atoms with E-state index >= 15 is 0 Å². The largest absolute Gasteiger partial charge is 0.460 e. The molecule has 0 aromatic heterocycles. The number of rotatable bonds is 4. The van der Waals surface area contributed by atoms with E-state index in [2.05, 4.69) is 24.0 Å². The van der Waals surface area contributed by atoms with E-state index in [9.17, 15) is 9.59 Å². The number of aldehydes is 1. The molecule has 0 unspecified atom stereocenters. The summed E-state index contributed by atoms with van der Waals surface area (Å²) in [4.78, 5) is 19.2. The average molecular weight is 273 g/mol. The van der Waals surface area contributed by atoms with Crippen LogP contribution >= 0.6 is 0 Å². The number of nitrogens with one attached hydrogen (secondary N) is 1. The van der Waals surface area contributed by atoms with Crippen LogP contribution in [0.3, 0.4) is 0 Å². The second-order valence-corrected chi connectivity index (χ2v) is 4.28. The standard InChI is InChI=1S/C9H19N.C4H6O3.C2H6/c1-3-8-4-6-9(10-2)7-5-8;1-2-7-4(6)3-5;1-2/h8-10H,3-7H2,1-2H3;3H,2H2,1H3;1-2H3. The Balaban J connectivity index is 0. The van der Waals surface area contributed by atoms with Gasteiger partial charge in [-0.25, -0.2) is 4.79 Å². The van der Waals surface area contributed by atoms with E-state index < -0.39 is 5.97 Å². The van der Waals surface area contributed by atoms with Crippen LogP contribution in [0.15, 0.2) is 0 Å². The third kappa shape index (κ3) is 11.9. The highest BCUT2D eigenvalue weighted by molar-refractivity contribution is 6.20. The van der Waals surface area contributed by atoms with Gasteiger partial charge in [0.05, 0.1) is 6.61 Å². The zero-order valence-corrected chi connectivity index (χ0v) is 13.2. The van der Waals surface area contributed by atoms with Gasteiger partial charge in [0.2, 0.25) is 6.29 Å². The van der Waals surface area contributed by atoms with E-state index in [0.29, 0.717) is 0 Å². The highest BCUT2D eigenvalue weighted by Crippen LogP contribution is 2.25. The minimum Gasteiger partial charge on any atom is -0.460 e. The number of hydrogen-bond acceptors (Lipinski definition) is 4. The van der Waals surface area contributed by atoms with Gasteiger partial charge in [0.1, 0.15) is 0 Å². The molecule has 1 saturated carbocycles. The quantitative estimate of drug-likeness (QED) is 0.486. The van der Waals surface area contributed by atoms with E-state index in [-0.39, 0.29) is 12.9 Å². The molecular weight excluding hydrogens is 242 g/mol. The zero-order valence-electron chi connectivity index (χ0n) is 13.2. The Kier molecular flexibility index (Phi) is 16.3. The van der Waals surface area contributed by atoms with E-state index in [1.54, 1.807) is 6.92 Å². The van der Waals surface area contributed by atoms with E-state index in [1.165, 1.54) is 32.1 Å². The molecule has 1 aliphatic rings. The van der Waals surface area contributed by atoms with Crippen molar-refractivity contribution in [2.45, 2.75) is 65.8 Å². The smallest absolute Gasteiger partial charge is 0.371 e. The van der Waals surface area contributed by atoms with Gasteiger partial charge in [0.25, 0.3) is 0 Å². The molecule has 4 heteroatoms. The molecule has 1 aliphatic carbocycles. The van der Waals surface area contributed by atoms with Crippen molar-refractivity contribution in [1.82, 2.24) is 5.32 Å². The Morgan fingerprint density at radius 2 is 1.74 bits per heavy atom. The zero-order chi connectivity index (χ0) is 15.1. The first-order valence-corrected chi connectivity index (χ1v) is 7.47. The molecule has 0 aromatic carbocycles. The van der Waals surface area contributed by atoms with E-state index in [4.69, 9.17) is 0 Å². The Hall–Kier alpha value is -0.900. The van der Waals surface area contributed by atoms with E-state index in [1.807, 2.05) is 13.8 Å². The van der Waals surface area contributed by atoms with Gasteiger partial charge in [-0.1, -0.05) is 27.2 Å². The molecule has 0 spiro atoms. The molecule has 19 heavy (non-hydrogen) atoms. The lowest BCUT2D eigenvalue weighted by Gasteiger charge is -2.27. The Morgan fingerprint density at radius 1 is 1.21 bits per heavy atom. The van der Waals surface area contributed by atoms with Crippen LogP contribution in [0.2, 0.25) is 0 Å². The lowest BCUT2D eigenvalue weighted by Crippen LogP contribution is -2.29. The molecule has 1 fully saturated rings. The summed E-state index contributed by atoms with van der Waals surface area (Å²) >= 11 is 0. The maximum Gasteiger partial charge on any atom is 0.371 e. The van der Waals surface area contributed by atoms with Crippen molar-refractivity contribution < 1.29 is 14.3 Å². The normalized spacial score (nSPS) is 21.1. The van der Waals surface area contributed by atoms with Gasteiger partial charge in [-0.15, -0.1) is 0 Å². The van der Waals surface area contributed by atoms with Gasteiger partial charge in [-0.2, -0.15) is 0 Å². The van der Waals surface area contributed by atoms with Crippen LogP contribution in [0.25, 0.3) is 0 Å². The van der Waals surface area contributed by atoms with Crippen molar-refractivity contribution in [3.8, 4) is 0 Å². The molecular formula is C15H31NO3. The summed E-state index contributed by atoms with van der Waals surface area (Å²) < 4.78 is 4.18. The number of ether oxygens (including phenoxy) is 1. The molecule has 0 amide bonds. The highest BCUT2D eigenvalue weighted by Gasteiger charge is 2.17. The lowest BCUT2D eigenvalue weighted by molar-refractivity contribution is -0.148. The average Bonchev–Trinajstić information content (AvgIpc) is 2.50. The summed E-state index contributed by atoms with van der Waals surface area (Å²) in [6.45, 7) is 8.21. The first-order valence-electron chi connectivity index (χ1n) is 7.47. The number of carbonyl (C=O) groups excluding carboxylic acids is 2. The number of hydrogen-bond donors (Lipinski definition) is 1. The molecule has 0 heterocycles. The number of carbonyl (C=O) groups is 2. The van der Waals surface area contributed by atoms with Crippen LogP contribution in [-0.4, -0.2) is 32.0 Å². The predicted octanol–water partition coefficient (Wildman–Crippen LogP) is 2.95. The highest BCUT2D eigenvalue weighted by atomic mass is 16.5. The van der Waals surface area contributed by atoms with Crippen molar-refractivity contribution in [3.63, 3.8) is 0 Å². The number of esters is 1. The Labute approximate surface area is 118 Å². The third-order valence-corrected chi connectivity index (χ3v) is 3.22. The van der Waals surface area contributed by atoms with Crippen molar-refractivity contribution in [2.75, 3.05) is 13.7 Å². The molecule has 0 radical (unpaired) electrons. The van der Waals surface area contributed by atoms with Gasteiger partial charge in [-0.3, -0.25) is 4.79 Å². The minimum absolute atomic E-state index is 0.142. The fourth-order valence-electron chi connectivity index (χ4n) is 2.04. The fraction of sp³-hybridized carbons (Fsp3) is 0.867. The van der Waals surface area contributed by atoms with Gasteiger partial charge >= 0.3 is 5.97 Å². The molecule has 114 valence electrons. The van der Waals surface area contributed by atoms with Crippen molar-refractivity contribution in [1.29, 1.82) is 0 Å². The molecule has 0 bridgehead atoms. The molecule has 0 saturated heterocycles. The van der Waals surface area contributed by atoms with Crippen LogP contribution < -0.4 is 5.32 Å². The molecule has 0 atom stereocenters. The third-order valence-electron chi connectivity index (χ3n) is 3.22. The summed E-state index contributed by atoms with van der Waals surface area (Å²) in [5.41, 5.74) is 0. The summed E-state index contributed by atoms with van der Waals surface area (Å²) in [5.74, 6) is 0.229. The monoisotopic (exact) mass is 273 g/mol. The van der Waals surface area contributed by atoms with Gasteiger partial charge < -0.3 is 10.1 Å². The first-order chi connectivity index (χ1) is 9.17. The maximum absolute atomic E-state index is 9.82. The van der Waals surface area contributed by atoms with Gasteiger partial charge in [0, 0.05) is 6.04 Å². The van der Waals surface area contributed by atoms with Crippen LogP contribution in [0.4, 0.5) is 0 Å².